The first-order chi connectivity index (χ1) is 7.33. The number of benzene rings is 1. The van der Waals surface area contributed by atoms with Gasteiger partial charge in [0.25, 0.3) is 0 Å². The Morgan fingerprint density at radius 1 is 1.20 bits per heavy atom. The first kappa shape index (κ1) is 9.08. The third kappa shape index (κ3) is 1.58. The van der Waals surface area contributed by atoms with Crippen molar-refractivity contribution in [3.05, 3.63) is 23.8 Å². The lowest BCUT2D eigenvalue weighted by molar-refractivity contribution is 0.537. The molecule has 3 rings (SSSR count). The summed E-state index contributed by atoms with van der Waals surface area (Å²) in [6.45, 7) is 3.28. The van der Waals surface area contributed by atoms with Crippen molar-refractivity contribution in [1.82, 2.24) is 0 Å². The van der Waals surface area contributed by atoms with Gasteiger partial charge in [-0.15, -0.1) is 0 Å². The summed E-state index contributed by atoms with van der Waals surface area (Å²) in [5.41, 5.74) is 3.90. The zero-order chi connectivity index (χ0) is 10.3. The quantitative estimate of drug-likeness (QED) is 0.675. The minimum absolute atomic E-state index is 0.696. The summed E-state index contributed by atoms with van der Waals surface area (Å²) in [4.78, 5) is 0. The van der Waals surface area contributed by atoms with E-state index in [0.29, 0.717) is 6.04 Å². The van der Waals surface area contributed by atoms with Crippen LogP contribution in [0, 0.1) is 12.8 Å². The van der Waals surface area contributed by atoms with Crippen LogP contribution < -0.4 is 10.6 Å². The molecule has 2 nitrogen and oxygen atoms in total. The molecule has 1 saturated carbocycles. The van der Waals surface area contributed by atoms with Gasteiger partial charge in [0.05, 0.1) is 11.4 Å². The summed E-state index contributed by atoms with van der Waals surface area (Å²) in [6, 6.07) is 7.33. The molecule has 1 aliphatic heterocycles. The number of fused-ring (bicyclic) bond motifs is 2. The Morgan fingerprint density at radius 2 is 2.13 bits per heavy atom. The molecule has 0 aromatic heterocycles. The lowest BCUT2D eigenvalue weighted by Gasteiger charge is -2.17. The molecular weight excluding hydrogens is 184 g/mol. The minimum atomic E-state index is 0.696. The zero-order valence-electron chi connectivity index (χ0n) is 9.22. The second-order valence-corrected chi connectivity index (χ2v) is 4.87. The van der Waals surface area contributed by atoms with E-state index < -0.39 is 0 Å². The second-order valence-electron chi connectivity index (χ2n) is 4.87. The van der Waals surface area contributed by atoms with Crippen LogP contribution in [0.4, 0.5) is 11.4 Å². The lowest BCUT2D eigenvalue weighted by atomic mass is 10.0. The summed E-state index contributed by atoms with van der Waals surface area (Å²) < 4.78 is 0. The van der Waals surface area contributed by atoms with Crippen molar-refractivity contribution in [2.45, 2.75) is 32.2 Å². The Bertz CT molecular complexity index is 373. The van der Waals surface area contributed by atoms with Gasteiger partial charge in [-0.25, -0.2) is 0 Å². The molecule has 0 radical (unpaired) electrons. The van der Waals surface area contributed by atoms with Crippen LogP contribution in [0.15, 0.2) is 18.2 Å². The van der Waals surface area contributed by atoms with E-state index in [0.717, 1.165) is 12.5 Å². The number of nitrogens with one attached hydrogen (secondary N) is 2. The van der Waals surface area contributed by atoms with E-state index in [9.17, 15) is 0 Å². The molecule has 2 aliphatic rings. The fourth-order valence-electron chi connectivity index (χ4n) is 2.84. The van der Waals surface area contributed by atoms with Crippen LogP contribution in [-0.2, 0) is 0 Å². The van der Waals surface area contributed by atoms with Gasteiger partial charge in [-0.1, -0.05) is 12.5 Å². The molecular formula is C13H18N2. The van der Waals surface area contributed by atoms with E-state index >= 15 is 0 Å². The molecule has 2 heteroatoms. The first-order valence-corrected chi connectivity index (χ1v) is 5.94. The highest BCUT2D eigenvalue weighted by atomic mass is 15.0. The Labute approximate surface area is 91.1 Å². The molecule has 1 aromatic carbocycles. The molecule has 80 valence electrons. The molecule has 2 atom stereocenters. The smallest absolute Gasteiger partial charge is 0.0578 e. The van der Waals surface area contributed by atoms with E-state index in [1.54, 1.807) is 0 Å². The van der Waals surface area contributed by atoms with Gasteiger partial charge in [-0.2, -0.15) is 0 Å². The van der Waals surface area contributed by atoms with Gasteiger partial charge >= 0.3 is 0 Å². The van der Waals surface area contributed by atoms with E-state index in [4.69, 9.17) is 0 Å². The summed E-state index contributed by atoms with van der Waals surface area (Å²) in [6.07, 6.45) is 4.09. The molecule has 1 aromatic rings. The third-order valence-corrected chi connectivity index (χ3v) is 3.73. The summed E-state index contributed by atoms with van der Waals surface area (Å²) in [7, 11) is 0. The van der Waals surface area contributed by atoms with Crippen LogP contribution >= 0.6 is 0 Å². The van der Waals surface area contributed by atoms with Crippen molar-refractivity contribution in [2.24, 2.45) is 5.92 Å². The lowest BCUT2D eigenvalue weighted by Crippen LogP contribution is -2.25. The summed E-state index contributed by atoms with van der Waals surface area (Å²) >= 11 is 0. The molecule has 2 unspecified atom stereocenters. The van der Waals surface area contributed by atoms with Gasteiger partial charge in [-0.05, 0) is 43.4 Å². The van der Waals surface area contributed by atoms with Crippen LogP contribution in [0.3, 0.4) is 0 Å². The molecule has 0 amide bonds. The highest BCUT2D eigenvalue weighted by Gasteiger charge is 2.29. The number of aryl methyl sites for hydroxylation is 1. The van der Waals surface area contributed by atoms with Crippen LogP contribution in [-0.4, -0.2) is 12.6 Å². The summed E-state index contributed by atoms with van der Waals surface area (Å²) in [5.74, 6) is 0.817. The maximum Gasteiger partial charge on any atom is 0.0578 e. The van der Waals surface area contributed by atoms with E-state index in [2.05, 4.69) is 35.8 Å². The highest BCUT2D eigenvalue weighted by Crippen LogP contribution is 2.35. The Kier molecular flexibility index (Phi) is 2.08. The van der Waals surface area contributed by atoms with Gasteiger partial charge in [-0.3, -0.25) is 0 Å². The fourth-order valence-corrected chi connectivity index (χ4v) is 2.84. The topological polar surface area (TPSA) is 24.1 Å². The number of hydrogen-bond donors (Lipinski definition) is 2. The van der Waals surface area contributed by atoms with Gasteiger partial charge in [0.1, 0.15) is 0 Å². The second kappa shape index (κ2) is 3.44. The van der Waals surface area contributed by atoms with Crippen molar-refractivity contribution in [3.63, 3.8) is 0 Å². The minimum Gasteiger partial charge on any atom is -0.383 e. The molecule has 2 N–H and O–H groups in total. The number of rotatable bonds is 0. The van der Waals surface area contributed by atoms with Crippen LogP contribution in [0.5, 0.6) is 0 Å². The van der Waals surface area contributed by atoms with Crippen molar-refractivity contribution in [3.8, 4) is 0 Å². The van der Waals surface area contributed by atoms with E-state index in [1.165, 1.54) is 36.2 Å². The van der Waals surface area contributed by atoms with E-state index in [-0.39, 0.29) is 0 Å². The molecule has 0 saturated heterocycles. The van der Waals surface area contributed by atoms with Crippen LogP contribution in [0.1, 0.15) is 24.8 Å². The SMILES string of the molecule is Cc1ccc2c(c1)NCC1CCCC1N2. The fraction of sp³-hybridized carbons (Fsp3) is 0.538. The zero-order valence-corrected chi connectivity index (χ0v) is 9.22. The number of anilines is 2. The average molecular weight is 202 g/mol. The van der Waals surface area contributed by atoms with Gasteiger partial charge in [0.2, 0.25) is 0 Å². The standard InChI is InChI=1S/C13H18N2/c1-9-5-6-12-13(7-9)14-8-10-3-2-4-11(10)15-12/h5-7,10-11,14-15H,2-4,8H2,1H3. The Balaban J connectivity index is 1.93. The maximum atomic E-state index is 3.69. The molecule has 0 bridgehead atoms. The average Bonchev–Trinajstić information content (AvgIpc) is 2.59. The van der Waals surface area contributed by atoms with Crippen molar-refractivity contribution < 1.29 is 0 Å². The Morgan fingerprint density at radius 3 is 3.07 bits per heavy atom. The van der Waals surface area contributed by atoms with Crippen LogP contribution in [0.25, 0.3) is 0 Å². The molecule has 1 aliphatic carbocycles. The van der Waals surface area contributed by atoms with Crippen molar-refractivity contribution in [2.75, 3.05) is 17.2 Å². The highest BCUT2D eigenvalue weighted by molar-refractivity contribution is 5.71. The van der Waals surface area contributed by atoms with Crippen molar-refractivity contribution >= 4 is 11.4 Å². The van der Waals surface area contributed by atoms with E-state index in [1.807, 2.05) is 0 Å². The largest absolute Gasteiger partial charge is 0.383 e. The number of hydrogen-bond acceptors (Lipinski definition) is 2. The first-order valence-electron chi connectivity index (χ1n) is 5.94. The summed E-state index contributed by atoms with van der Waals surface area (Å²) in [5, 5.41) is 7.26. The Hall–Kier alpha value is -1.18. The van der Waals surface area contributed by atoms with Gasteiger partial charge < -0.3 is 10.6 Å². The predicted octanol–water partition coefficient (Wildman–Crippen LogP) is 3.00. The van der Waals surface area contributed by atoms with Crippen LogP contribution in [0.2, 0.25) is 0 Å². The third-order valence-electron chi connectivity index (χ3n) is 3.73. The van der Waals surface area contributed by atoms with Crippen molar-refractivity contribution in [1.29, 1.82) is 0 Å². The van der Waals surface area contributed by atoms with Gasteiger partial charge in [0.15, 0.2) is 0 Å². The molecule has 1 heterocycles. The maximum absolute atomic E-state index is 3.69. The molecule has 15 heavy (non-hydrogen) atoms. The van der Waals surface area contributed by atoms with Gasteiger partial charge in [0, 0.05) is 12.6 Å². The molecule has 1 fully saturated rings. The predicted molar refractivity (Wildman–Crippen MR) is 64.4 cm³/mol. The molecule has 0 spiro atoms. The monoisotopic (exact) mass is 202 g/mol. The normalized spacial score (nSPS) is 28.3.